The van der Waals surface area contributed by atoms with Crippen LogP contribution in [0.5, 0.6) is 0 Å². The van der Waals surface area contributed by atoms with Gasteiger partial charge in [-0.3, -0.25) is 9.32 Å². The highest BCUT2D eigenvalue weighted by Crippen LogP contribution is 2.36. The third-order valence-corrected chi connectivity index (χ3v) is 9.97. The number of esters is 1. The lowest BCUT2D eigenvalue weighted by Gasteiger charge is -2.27. The number of allylic oxidation sites excluding steroid dienone is 8. The molecule has 2 atom stereocenters. The van der Waals surface area contributed by atoms with Crippen molar-refractivity contribution >= 4 is 13.8 Å². The number of rotatable bonds is 40. The number of hydrogen-bond donors (Lipinski definition) is 2. The Balaban J connectivity index is 4.35. The van der Waals surface area contributed by atoms with E-state index in [2.05, 4.69) is 69.4 Å². The fraction of sp³-hybridized carbons (Fsp3) is 0.800. The zero-order valence-corrected chi connectivity index (χ0v) is 35.5. The molecule has 0 rings (SSSR count). The first-order valence-electron chi connectivity index (χ1n) is 21.9. The Morgan fingerprint density at radius 3 is 1.42 bits per heavy atom. The van der Waals surface area contributed by atoms with E-state index in [1.165, 1.54) is 103 Å². The summed E-state index contributed by atoms with van der Waals surface area (Å²) in [6, 6.07) is 0. The average molecular weight is 767 g/mol. The lowest BCUT2D eigenvalue weighted by atomic mass is 10.0. The number of ether oxygens (including phenoxy) is 2. The standard InChI is InChI=1S/C45H83O7P/c1-4-7-10-12-14-16-18-20-22-23-24-26-28-30-32-34-36-38-41-50-44(42-51-53(47,48)49)43(39-9-6-3)52-45(46)40-37-35-33-31-29-27-25-21-19-17-15-13-11-8-5-2/h14,16,20,22,24,26,30,32,43-44H,4-13,15,17-19,21,23,25,27-29,31,33-42H2,1-3H3,(H2,47,48,49)/t43?,44-/m0/s1. The van der Waals surface area contributed by atoms with Crippen LogP contribution in [-0.4, -0.2) is 41.2 Å². The molecule has 7 nitrogen and oxygen atoms in total. The topological polar surface area (TPSA) is 102 Å². The van der Waals surface area contributed by atoms with Crippen molar-refractivity contribution in [3.05, 3.63) is 48.6 Å². The molecule has 0 amide bonds. The highest BCUT2D eigenvalue weighted by Gasteiger charge is 2.29. The van der Waals surface area contributed by atoms with Gasteiger partial charge in [-0.25, -0.2) is 4.57 Å². The van der Waals surface area contributed by atoms with E-state index < -0.39 is 20.0 Å². The van der Waals surface area contributed by atoms with Crippen molar-refractivity contribution in [1.82, 2.24) is 0 Å². The summed E-state index contributed by atoms with van der Waals surface area (Å²) in [5, 5.41) is 0. The van der Waals surface area contributed by atoms with Crippen LogP contribution in [0.2, 0.25) is 0 Å². The Labute approximate surface area is 327 Å². The predicted molar refractivity (Wildman–Crippen MR) is 225 cm³/mol. The van der Waals surface area contributed by atoms with Crippen molar-refractivity contribution in [2.45, 2.75) is 219 Å². The van der Waals surface area contributed by atoms with Gasteiger partial charge in [0.1, 0.15) is 12.2 Å². The Bertz CT molecular complexity index is 954. The second-order valence-electron chi connectivity index (χ2n) is 14.7. The number of phosphoric ester groups is 1. The number of carbonyl (C=O) groups is 1. The molecule has 0 aromatic carbocycles. The molecule has 8 heteroatoms. The second kappa shape index (κ2) is 40.2. The molecule has 0 heterocycles. The molecule has 0 aromatic heterocycles. The highest BCUT2D eigenvalue weighted by atomic mass is 31.2. The second-order valence-corrected chi connectivity index (χ2v) is 15.9. The fourth-order valence-electron chi connectivity index (χ4n) is 6.19. The summed E-state index contributed by atoms with van der Waals surface area (Å²) >= 11 is 0. The molecule has 2 N–H and O–H groups in total. The molecule has 0 spiro atoms. The molecule has 0 radical (unpaired) electrons. The summed E-state index contributed by atoms with van der Waals surface area (Å²) in [4.78, 5) is 31.5. The molecule has 0 aliphatic rings. The van der Waals surface area contributed by atoms with Crippen molar-refractivity contribution in [3.8, 4) is 0 Å². The maximum atomic E-state index is 12.8. The molecule has 0 bridgehead atoms. The number of hydrogen-bond acceptors (Lipinski definition) is 5. The van der Waals surface area contributed by atoms with E-state index >= 15 is 0 Å². The molecule has 0 fully saturated rings. The van der Waals surface area contributed by atoms with Crippen LogP contribution in [0.15, 0.2) is 48.6 Å². The van der Waals surface area contributed by atoms with Crippen molar-refractivity contribution < 1.29 is 33.1 Å². The van der Waals surface area contributed by atoms with Gasteiger partial charge >= 0.3 is 13.8 Å². The van der Waals surface area contributed by atoms with Gasteiger partial charge in [0.05, 0.1) is 6.61 Å². The third-order valence-electron chi connectivity index (χ3n) is 9.49. The lowest BCUT2D eigenvalue weighted by molar-refractivity contribution is -0.160. The molecule has 0 saturated carbocycles. The summed E-state index contributed by atoms with van der Waals surface area (Å²) in [6.45, 7) is 6.65. The maximum Gasteiger partial charge on any atom is 0.469 e. The maximum absolute atomic E-state index is 12.8. The monoisotopic (exact) mass is 767 g/mol. The first-order valence-corrected chi connectivity index (χ1v) is 23.5. The minimum Gasteiger partial charge on any atom is -0.459 e. The van der Waals surface area contributed by atoms with Crippen LogP contribution in [0, 0.1) is 0 Å². The van der Waals surface area contributed by atoms with Crippen LogP contribution in [0.4, 0.5) is 0 Å². The first kappa shape index (κ1) is 51.5. The minimum absolute atomic E-state index is 0.272. The van der Waals surface area contributed by atoms with E-state index in [9.17, 15) is 19.1 Å². The Hall–Kier alpha value is -1.50. The summed E-state index contributed by atoms with van der Waals surface area (Å²) < 4.78 is 28.3. The van der Waals surface area contributed by atoms with E-state index in [-0.39, 0.29) is 12.6 Å². The van der Waals surface area contributed by atoms with E-state index in [1.807, 2.05) is 0 Å². The summed E-state index contributed by atoms with van der Waals surface area (Å²) in [5.74, 6) is -0.272. The molecule has 0 aliphatic heterocycles. The van der Waals surface area contributed by atoms with Gasteiger partial charge in [-0.1, -0.05) is 179 Å². The normalized spacial score (nSPS) is 13.7. The van der Waals surface area contributed by atoms with Gasteiger partial charge in [0.2, 0.25) is 0 Å². The molecular formula is C45H83O7P. The van der Waals surface area contributed by atoms with Crippen molar-refractivity contribution in [2.24, 2.45) is 0 Å². The molecule has 0 aliphatic carbocycles. The highest BCUT2D eigenvalue weighted by molar-refractivity contribution is 7.46. The number of unbranched alkanes of at least 4 members (excludes halogenated alkanes) is 20. The minimum atomic E-state index is -4.69. The largest absolute Gasteiger partial charge is 0.469 e. The number of carbonyl (C=O) groups excluding carboxylic acids is 1. The first-order chi connectivity index (χ1) is 25.8. The van der Waals surface area contributed by atoms with Crippen LogP contribution in [-0.2, 0) is 23.4 Å². The number of phosphoric acid groups is 1. The van der Waals surface area contributed by atoms with Crippen LogP contribution in [0.1, 0.15) is 207 Å². The van der Waals surface area contributed by atoms with Crippen molar-refractivity contribution in [3.63, 3.8) is 0 Å². The zero-order valence-electron chi connectivity index (χ0n) is 34.6. The van der Waals surface area contributed by atoms with Crippen LogP contribution >= 0.6 is 7.82 Å². The summed E-state index contributed by atoms with van der Waals surface area (Å²) in [6.07, 6.45) is 48.7. The summed E-state index contributed by atoms with van der Waals surface area (Å²) in [5.41, 5.74) is 0. The SMILES string of the molecule is CCCCCC=CCC=CCC=CCC=CCCCCO[C@@H](COP(=O)(O)O)C(CCCC)OC(=O)CCCCCCCCCCCCCCCCC. The van der Waals surface area contributed by atoms with Gasteiger partial charge in [0.15, 0.2) is 0 Å². The van der Waals surface area contributed by atoms with Gasteiger partial charge in [0, 0.05) is 13.0 Å². The van der Waals surface area contributed by atoms with Crippen LogP contribution < -0.4 is 0 Å². The summed E-state index contributed by atoms with van der Waals surface area (Å²) in [7, 11) is -4.69. The van der Waals surface area contributed by atoms with E-state index in [1.54, 1.807) is 0 Å². The van der Waals surface area contributed by atoms with E-state index in [4.69, 9.17) is 14.0 Å². The van der Waals surface area contributed by atoms with Gasteiger partial charge in [0.25, 0.3) is 0 Å². The molecule has 1 unspecified atom stereocenters. The van der Waals surface area contributed by atoms with Gasteiger partial charge in [-0.2, -0.15) is 0 Å². The van der Waals surface area contributed by atoms with E-state index in [0.717, 1.165) is 70.6 Å². The third kappa shape index (κ3) is 40.0. The molecule has 0 saturated heterocycles. The average Bonchev–Trinajstić information content (AvgIpc) is 3.13. The molecule has 53 heavy (non-hydrogen) atoms. The Morgan fingerprint density at radius 1 is 0.528 bits per heavy atom. The van der Waals surface area contributed by atoms with Gasteiger partial charge < -0.3 is 19.3 Å². The Kier molecular flexibility index (Phi) is 39.0. The predicted octanol–water partition coefficient (Wildman–Crippen LogP) is 14.0. The quantitative estimate of drug-likeness (QED) is 0.0277. The molecule has 0 aromatic rings. The zero-order chi connectivity index (χ0) is 38.9. The van der Waals surface area contributed by atoms with E-state index in [0.29, 0.717) is 19.4 Å². The van der Waals surface area contributed by atoms with Crippen molar-refractivity contribution in [2.75, 3.05) is 13.2 Å². The fourth-order valence-corrected chi connectivity index (χ4v) is 6.53. The lowest BCUT2D eigenvalue weighted by Crippen LogP contribution is -2.37. The van der Waals surface area contributed by atoms with Crippen LogP contribution in [0.3, 0.4) is 0 Å². The molecule has 310 valence electrons. The molecular weight excluding hydrogens is 683 g/mol. The Morgan fingerprint density at radius 2 is 0.943 bits per heavy atom. The van der Waals surface area contributed by atoms with Gasteiger partial charge in [-0.15, -0.1) is 0 Å². The van der Waals surface area contributed by atoms with Gasteiger partial charge in [-0.05, 0) is 70.6 Å². The van der Waals surface area contributed by atoms with Crippen molar-refractivity contribution in [1.29, 1.82) is 0 Å². The smallest absolute Gasteiger partial charge is 0.459 e. The van der Waals surface area contributed by atoms with Crippen LogP contribution in [0.25, 0.3) is 0 Å².